The van der Waals surface area contributed by atoms with Crippen molar-refractivity contribution in [1.82, 2.24) is 10.3 Å². The highest BCUT2D eigenvalue weighted by Gasteiger charge is 2.27. The van der Waals surface area contributed by atoms with Crippen LogP contribution in [0, 0.1) is 10.1 Å². The zero-order chi connectivity index (χ0) is 17.7. The number of carbonyl (C=O) groups excluding carboxylic acids is 1. The number of nitro benzene ring substituents is 1. The molecule has 1 aromatic heterocycles. The van der Waals surface area contributed by atoms with Crippen LogP contribution in [0.25, 0.3) is 10.6 Å². The second kappa shape index (κ2) is 7.50. The Labute approximate surface area is 144 Å². The van der Waals surface area contributed by atoms with E-state index in [1.165, 1.54) is 23.5 Å². The van der Waals surface area contributed by atoms with E-state index in [-0.39, 0.29) is 11.6 Å². The van der Waals surface area contributed by atoms with Crippen molar-refractivity contribution in [1.29, 1.82) is 0 Å². The zero-order valence-electron chi connectivity index (χ0n) is 13.6. The van der Waals surface area contributed by atoms with Crippen LogP contribution in [0.4, 0.5) is 5.69 Å². The minimum atomic E-state index is -0.452. The van der Waals surface area contributed by atoms with Gasteiger partial charge in [-0.1, -0.05) is 13.8 Å². The number of non-ortho nitro benzene ring substituents is 1. The van der Waals surface area contributed by atoms with Gasteiger partial charge in [0, 0.05) is 29.6 Å². The van der Waals surface area contributed by atoms with Gasteiger partial charge in [0.15, 0.2) is 0 Å². The van der Waals surface area contributed by atoms with Crippen molar-refractivity contribution < 1.29 is 9.72 Å². The third kappa shape index (κ3) is 3.77. The molecule has 0 atom stereocenters. The maximum atomic E-state index is 12.4. The smallest absolute Gasteiger partial charge is 0.271 e. The number of nitrogens with zero attached hydrogens (tertiary/aromatic N) is 2. The Hall–Kier alpha value is -2.32. The van der Waals surface area contributed by atoms with Crippen molar-refractivity contribution in [3.63, 3.8) is 0 Å². The van der Waals surface area contributed by atoms with Crippen LogP contribution in [0.2, 0.25) is 0 Å². The van der Waals surface area contributed by atoms with Gasteiger partial charge in [-0.3, -0.25) is 14.9 Å². The monoisotopic (exact) mass is 348 g/mol. The van der Waals surface area contributed by atoms with Gasteiger partial charge >= 0.3 is 0 Å². The standard InChI is InChI=1S/C16H20N4O3S/c1-3-16(4-2,10-17)19-14(21)13-9-24-15(18-13)11-5-7-12(8-6-11)20(22)23/h5-9H,3-4,10,17H2,1-2H3,(H,19,21). The molecule has 0 bridgehead atoms. The first kappa shape index (κ1) is 18.0. The Balaban J connectivity index is 2.18. The molecule has 0 radical (unpaired) electrons. The van der Waals surface area contributed by atoms with Crippen LogP contribution in [0.15, 0.2) is 29.6 Å². The van der Waals surface area contributed by atoms with Gasteiger partial charge in [0.1, 0.15) is 10.7 Å². The van der Waals surface area contributed by atoms with E-state index in [1.807, 2.05) is 13.8 Å². The summed E-state index contributed by atoms with van der Waals surface area (Å²) < 4.78 is 0. The minimum Gasteiger partial charge on any atom is -0.344 e. The van der Waals surface area contributed by atoms with Crippen LogP contribution in [0.5, 0.6) is 0 Å². The van der Waals surface area contributed by atoms with Gasteiger partial charge in [-0.25, -0.2) is 4.98 Å². The van der Waals surface area contributed by atoms with Gasteiger partial charge in [0.05, 0.1) is 10.5 Å². The summed E-state index contributed by atoms with van der Waals surface area (Å²) in [6, 6.07) is 6.09. The highest BCUT2D eigenvalue weighted by Crippen LogP contribution is 2.26. The van der Waals surface area contributed by atoms with E-state index >= 15 is 0 Å². The predicted octanol–water partition coefficient (Wildman–Crippen LogP) is 2.97. The highest BCUT2D eigenvalue weighted by atomic mass is 32.1. The predicted molar refractivity (Wildman–Crippen MR) is 94.0 cm³/mol. The Kier molecular flexibility index (Phi) is 5.63. The maximum absolute atomic E-state index is 12.4. The summed E-state index contributed by atoms with van der Waals surface area (Å²) in [5.41, 5.74) is 6.46. The fourth-order valence-electron chi connectivity index (χ4n) is 2.31. The number of hydrogen-bond acceptors (Lipinski definition) is 6. The molecule has 0 unspecified atom stereocenters. The first-order valence-corrected chi connectivity index (χ1v) is 8.55. The van der Waals surface area contributed by atoms with Crippen molar-refractivity contribution in [2.75, 3.05) is 6.54 Å². The first-order valence-electron chi connectivity index (χ1n) is 7.67. The van der Waals surface area contributed by atoms with E-state index < -0.39 is 10.5 Å². The Morgan fingerprint density at radius 3 is 2.46 bits per heavy atom. The first-order chi connectivity index (χ1) is 11.4. The van der Waals surface area contributed by atoms with Gasteiger partial charge in [0.25, 0.3) is 11.6 Å². The van der Waals surface area contributed by atoms with Crippen LogP contribution in [-0.2, 0) is 0 Å². The van der Waals surface area contributed by atoms with E-state index in [0.29, 0.717) is 17.2 Å². The average Bonchev–Trinajstić information content (AvgIpc) is 3.10. The van der Waals surface area contributed by atoms with Gasteiger partial charge in [-0.2, -0.15) is 0 Å². The Morgan fingerprint density at radius 2 is 1.96 bits per heavy atom. The van der Waals surface area contributed by atoms with Gasteiger partial charge in [-0.05, 0) is 25.0 Å². The van der Waals surface area contributed by atoms with E-state index in [0.717, 1.165) is 18.4 Å². The molecular formula is C16H20N4O3S. The lowest BCUT2D eigenvalue weighted by Crippen LogP contribution is -2.52. The number of nitro groups is 1. The van der Waals surface area contributed by atoms with Gasteiger partial charge in [-0.15, -0.1) is 11.3 Å². The van der Waals surface area contributed by atoms with Crippen molar-refractivity contribution >= 4 is 22.9 Å². The summed E-state index contributed by atoms with van der Waals surface area (Å²) in [5, 5.41) is 16.0. The maximum Gasteiger partial charge on any atom is 0.271 e. The Bertz CT molecular complexity index is 715. The molecule has 0 saturated carbocycles. The molecule has 2 rings (SSSR count). The molecule has 1 aromatic carbocycles. The molecule has 0 aliphatic rings. The van der Waals surface area contributed by atoms with Crippen molar-refractivity contribution in [2.24, 2.45) is 5.73 Å². The summed E-state index contributed by atoms with van der Waals surface area (Å²) in [4.78, 5) is 27.0. The van der Waals surface area contributed by atoms with Crippen LogP contribution in [-0.4, -0.2) is 27.9 Å². The fraction of sp³-hybridized carbons (Fsp3) is 0.375. The molecule has 1 amide bonds. The second-order valence-electron chi connectivity index (χ2n) is 5.49. The molecule has 0 aliphatic carbocycles. The van der Waals surface area contributed by atoms with Crippen LogP contribution in [0.3, 0.4) is 0 Å². The lowest BCUT2D eigenvalue weighted by molar-refractivity contribution is -0.384. The summed E-state index contributed by atoms with van der Waals surface area (Å²) in [5.74, 6) is -0.256. The van der Waals surface area contributed by atoms with E-state index in [1.54, 1.807) is 17.5 Å². The fourth-order valence-corrected chi connectivity index (χ4v) is 3.11. The molecule has 3 N–H and O–H groups in total. The summed E-state index contributed by atoms with van der Waals surface area (Å²) >= 11 is 1.32. The second-order valence-corrected chi connectivity index (χ2v) is 6.35. The van der Waals surface area contributed by atoms with E-state index in [2.05, 4.69) is 10.3 Å². The topological polar surface area (TPSA) is 111 Å². The summed E-state index contributed by atoms with van der Waals surface area (Å²) in [6.07, 6.45) is 1.48. The van der Waals surface area contributed by atoms with Crippen molar-refractivity contribution in [2.45, 2.75) is 32.2 Å². The van der Waals surface area contributed by atoms with Crippen molar-refractivity contribution in [3.05, 3.63) is 45.5 Å². The number of thiazole rings is 1. The molecule has 0 aliphatic heterocycles. The molecule has 1 heterocycles. The lowest BCUT2D eigenvalue weighted by Gasteiger charge is -2.31. The molecule has 24 heavy (non-hydrogen) atoms. The number of amides is 1. The number of nitrogens with one attached hydrogen (secondary N) is 1. The van der Waals surface area contributed by atoms with Crippen LogP contribution < -0.4 is 11.1 Å². The molecule has 8 heteroatoms. The molecule has 0 saturated heterocycles. The number of benzene rings is 1. The van der Waals surface area contributed by atoms with Crippen LogP contribution >= 0.6 is 11.3 Å². The largest absolute Gasteiger partial charge is 0.344 e. The molecule has 0 spiro atoms. The molecular weight excluding hydrogens is 328 g/mol. The SMILES string of the molecule is CCC(CC)(CN)NC(=O)c1csc(-c2ccc([N+](=O)[O-])cc2)n1. The molecule has 7 nitrogen and oxygen atoms in total. The number of carbonyl (C=O) groups is 1. The van der Waals surface area contributed by atoms with E-state index in [4.69, 9.17) is 5.73 Å². The summed E-state index contributed by atoms with van der Waals surface area (Å²) in [6.45, 7) is 4.34. The summed E-state index contributed by atoms with van der Waals surface area (Å²) in [7, 11) is 0. The number of hydrogen-bond donors (Lipinski definition) is 2. The third-order valence-corrected chi connectivity index (χ3v) is 5.08. The quantitative estimate of drug-likeness (QED) is 0.590. The number of rotatable bonds is 7. The lowest BCUT2D eigenvalue weighted by atomic mass is 9.93. The third-order valence-electron chi connectivity index (χ3n) is 4.18. The number of aromatic nitrogens is 1. The number of nitrogens with two attached hydrogens (primary N) is 1. The van der Waals surface area contributed by atoms with Crippen molar-refractivity contribution in [3.8, 4) is 10.6 Å². The highest BCUT2D eigenvalue weighted by molar-refractivity contribution is 7.13. The zero-order valence-corrected chi connectivity index (χ0v) is 14.4. The normalized spacial score (nSPS) is 11.3. The Morgan fingerprint density at radius 1 is 1.33 bits per heavy atom. The molecule has 0 fully saturated rings. The molecule has 128 valence electrons. The van der Waals surface area contributed by atoms with E-state index in [9.17, 15) is 14.9 Å². The van der Waals surface area contributed by atoms with Gasteiger partial charge in [0.2, 0.25) is 0 Å². The van der Waals surface area contributed by atoms with Crippen LogP contribution in [0.1, 0.15) is 37.2 Å². The minimum absolute atomic E-state index is 0.0203. The molecule has 2 aromatic rings. The van der Waals surface area contributed by atoms with Gasteiger partial charge < -0.3 is 11.1 Å². The average molecular weight is 348 g/mol.